The molecule has 0 aromatic heterocycles. The molecule has 126 valence electrons. The molecule has 24 heavy (non-hydrogen) atoms. The number of phenols is 2. The maximum absolute atomic E-state index is 10.3. The molecule has 2 rings (SSSR count). The summed E-state index contributed by atoms with van der Waals surface area (Å²) < 4.78 is 0. The zero-order chi connectivity index (χ0) is 17.5. The molecular formula is C22H26O2. The van der Waals surface area contributed by atoms with Crippen molar-refractivity contribution in [3.63, 3.8) is 0 Å². The monoisotopic (exact) mass is 322 g/mol. The van der Waals surface area contributed by atoms with Crippen LogP contribution in [0.25, 0.3) is 11.1 Å². The molecule has 0 atom stereocenters. The first-order chi connectivity index (χ1) is 11.5. The predicted octanol–water partition coefficient (Wildman–Crippen LogP) is 6.00. The Kier molecular flexibility index (Phi) is 6.25. The predicted molar refractivity (Wildman–Crippen MR) is 101 cm³/mol. The van der Waals surface area contributed by atoms with Crippen molar-refractivity contribution < 1.29 is 10.2 Å². The SMILES string of the molecule is CC(C)=CCC/C(C)=C/Cc1c(O)cc(-c2ccccc2)cc1O. The molecule has 0 unspecified atom stereocenters. The fourth-order valence-electron chi connectivity index (χ4n) is 2.61. The summed E-state index contributed by atoms with van der Waals surface area (Å²) in [7, 11) is 0. The van der Waals surface area contributed by atoms with Crippen LogP contribution in [0.1, 0.15) is 39.2 Å². The van der Waals surface area contributed by atoms with Crippen molar-refractivity contribution in [1.82, 2.24) is 0 Å². The average Bonchev–Trinajstić information content (AvgIpc) is 2.54. The lowest BCUT2D eigenvalue weighted by molar-refractivity contribution is 0.441. The molecular weight excluding hydrogens is 296 g/mol. The van der Waals surface area contributed by atoms with Gasteiger partial charge in [0.1, 0.15) is 11.5 Å². The summed E-state index contributed by atoms with van der Waals surface area (Å²) in [5.74, 6) is 0.282. The minimum atomic E-state index is 0.141. The van der Waals surface area contributed by atoms with Gasteiger partial charge >= 0.3 is 0 Å². The topological polar surface area (TPSA) is 40.5 Å². The van der Waals surface area contributed by atoms with E-state index in [1.165, 1.54) is 11.1 Å². The van der Waals surface area contributed by atoms with E-state index in [9.17, 15) is 10.2 Å². The molecule has 0 aliphatic rings. The number of phenolic OH excluding ortho intramolecular Hbond substituents is 2. The maximum atomic E-state index is 10.3. The van der Waals surface area contributed by atoms with Crippen molar-refractivity contribution in [2.45, 2.75) is 40.0 Å². The van der Waals surface area contributed by atoms with Crippen molar-refractivity contribution in [2.75, 3.05) is 0 Å². The third-order valence-electron chi connectivity index (χ3n) is 4.06. The van der Waals surface area contributed by atoms with Gasteiger partial charge in [0.2, 0.25) is 0 Å². The number of hydrogen-bond acceptors (Lipinski definition) is 2. The van der Waals surface area contributed by atoms with Gasteiger partial charge in [0, 0.05) is 5.56 Å². The molecule has 0 aliphatic carbocycles. The Labute approximate surface area is 144 Å². The number of hydrogen-bond donors (Lipinski definition) is 2. The van der Waals surface area contributed by atoms with Crippen molar-refractivity contribution in [2.24, 2.45) is 0 Å². The first-order valence-corrected chi connectivity index (χ1v) is 8.36. The fraction of sp³-hybridized carbons (Fsp3) is 0.273. The van der Waals surface area contributed by atoms with Crippen LogP contribution in [0.15, 0.2) is 65.8 Å². The Hall–Kier alpha value is -2.48. The highest BCUT2D eigenvalue weighted by Crippen LogP contribution is 2.34. The van der Waals surface area contributed by atoms with E-state index in [1.54, 1.807) is 12.1 Å². The third-order valence-corrected chi connectivity index (χ3v) is 4.06. The van der Waals surface area contributed by atoms with Gasteiger partial charge in [-0.3, -0.25) is 0 Å². The molecule has 0 bridgehead atoms. The van der Waals surface area contributed by atoms with E-state index in [2.05, 4.69) is 32.9 Å². The second kappa shape index (κ2) is 8.39. The summed E-state index contributed by atoms with van der Waals surface area (Å²) in [6.45, 7) is 6.29. The standard InChI is InChI=1S/C22H26O2/c1-16(2)8-7-9-17(3)12-13-20-21(23)14-19(15-22(20)24)18-10-5-4-6-11-18/h4-6,8,10-12,14-15,23-24H,7,9,13H2,1-3H3/b17-12+. The lowest BCUT2D eigenvalue weighted by Crippen LogP contribution is -1.88. The van der Waals surface area contributed by atoms with Gasteiger partial charge in [-0.25, -0.2) is 0 Å². The first kappa shape index (κ1) is 17.9. The zero-order valence-corrected chi connectivity index (χ0v) is 14.7. The Morgan fingerprint density at radius 1 is 0.875 bits per heavy atom. The number of benzene rings is 2. The van der Waals surface area contributed by atoms with Crippen LogP contribution in [-0.2, 0) is 6.42 Å². The molecule has 2 aromatic rings. The lowest BCUT2D eigenvalue weighted by atomic mass is 9.99. The molecule has 0 fully saturated rings. The summed E-state index contributed by atoms with van der Waals surface area (Å²) >= 11 is 0. The molecule has 0 aliphatic heterocycles. The molecule has 0 saturated carbocycles. The lowest BCUT2D eigenvalue weighted by Gasteiger charge is -2.10. The van der Waals surface area contributed by atoms with E-state index >= 15 is 0 Å². The minimum Gasteiger partial charge on any atom is -0.507 e. The molecule has 2 heteroatoms. The largest absolute Gasteiger partial charge is 0.507 e. The Balaban J connectivity index is 2.13. The minimum absolute atomic E-state index is 0.141. The normalized spacial score (nSPS) is 11.4. The smallest absolute Gasteiger partial charge is 0.123 e. The molecule has 2 aromatic carbocycles. The molecule has 0 heterocycles. The maximum Gasteiger partial charge on any atom is 0.123 e. The van der Waals surface area contributed by atoms with Crippen LogP contribution in [-0.4, -0.2) is 10.2 Å². The van der Waals surface area contributed by atoms with Gasteiger partial charge in [0.15, 0.2) is 0 Å². The van der Waals surface area contributed by atoms with Crippen LogP contribution in [0.4, 0.5) is 0 Å². The number of aromatic hydroxyl groups is 2. The van der Waals surface area contributed by atoms with Gasteiger partial charge in [-0.2, -0.15) is 0 Å². The van der Waals surface area contributed by atoms with Crippen LogP contribution in [0.5, 0.6) is 11.5 Å². The van der Waals surface area contributed by atoms with E-state index in [4.69, 9.17) is 0 Å². The van der Waals surface area contributed by atoms with Crippen LogP contribution in [0.3, 0.4) is 0 Å². The van der Waals surface area contributed by atoms with Gasteiger partial charge in [0.25, 0.3) is 0 Å². The highest BCUT2D eigenvalue weighted by atomic mass is 16.3. The average molecular weight is 322 g/mol. The van der Waals surface area contributed by atoms with Crippen LogP contribution >= 0.6 is 0 Å². The summed E-state index contributed by atoms with van der Waals surface area (Å²) in [4.78, 5) is 0. The molecule has 0 spiro atoms. The van der Waals surface area contributed by atoms with Gasteiger partial charge < -0.3 is 10.2 Å². The molecule has 2 N–H and O–H groups in total. The second-order valence-corrected chi connectivity index (χ2v) is 6.43. The third kappa shape index (κ3) is 5.02. The zero-order valence-electron chi connectivity index (χ0n) is 14.7. The van der Waals surface area contributed by atoms with E-state index < -0.39 is 0 Å². The Morgan fingerprint density at radius 3 is 2.08 bits per heavy atom. The molecule has 2 nitrogen and oxygen atoms in total. The van der Waals surface area contributed by atoms with Crippen molar-refractivity contribution in [1.29, 1.82) is 0 Å². The molecule has 0 saturated heterocycles. The van der Waals surface area contributed by atoms with E-state index in [0.29, 0.717) is 12.0 Å². The van der Waals surface area contributed by atoms with Crippen LogP contribution < -0.4 is 0 Å². The number of allylic oxidation sites excluding steroid dienone is 4. The van der Waals surface area contributed by atoms with Crippen molar-refractivity contribution in [3.8, 4) is 22.6 Å². The van der Waals surface area contributed by atoms with E-state index in [1.807, 2.05) is 30.3 Å². The quantitative estimate of drug-likeness (QED) is 0.640. The van der Waals surface area contributed by atoms with Crippen molar-refractivity contribution in [3.05, 3.63) is 71.3 Å². The van der Waals surface area contributed by atoms with Gasteiger partial charge in [-0.05, 0) is 63.3 Å². The number of rotatable bonds is 6. The van der Waals surface area contributed by atoms with E-state index in [-0.39, 0.29) is 11.5 Å². The second-order valence-electron chi connectivity index (χ2n) is 6.43. The summed E-state index contributed by atoms with van der Waals surface area (Å²) in [6.07, 6.45) is 6.86. The Bertz CT molecular complexity index is 713. The highest BCUT2D eigenvalue weighted by Gasteiger charge is 2.10. The Morgan fingerprint density at radius 2 is 1.50 bits per heavy atom. The van der Waals surface area contributed by atoms with E-state index in [0.717, 1.165) is 24.0 Å². The molecule has 0 amide bonds. The van der Waals surface area contributed by atoms with Gasteiger partial charge in [-0.1, -0.05) is 53.6 Å². The van der Waals surface area contributed by atoms with Crippen molar-refractivity contribution >= 4 is 0 Å². The summed E-state index contributed by atoms with van der Waals surface area (Å²) in [5, 5.41) is 20.6. The van der Waals surface area contributed by atoms with Gasteiger partial charge in [-0.15, -0.1) is 0 Å². The first-order valence-electron chi connectivity index (χ1n) is 8.36. The fourth-order valence-corrected chi connectivity index (χ4v) is 2.61. The summed E-state index contributed by atoms with van der Waals surface area (Å²) in [6, 6.07) is 13.2. The van der Waals surface area contributed by atoms with Crippen LogP contribution in [0.2, 0.25) is 0 Å². The summed E-state index contributed by atoms with van der Waals surface area (Å²) in [5.41, 5.74) is 4.96. The van der Waals surface area contributed by atoms with Gasteiger partial charge in [0.05, 0.1) is 0 Å². The highest BCUT2D eigenvalue weighted by molar-refractivity contribution is 5.68. The van der Waals surface area contributed by atoms with Crippen LogP contribution in [0, 0.1) is 0 Å². The molecule has 0 radical (unpaired) electrons.